The number of thiophene rings is 1. The number of hydrogen-bond acceptors (Lipinski definition) is 6. The molecule has 0 bridgehead atoms. The van der Waals surface area contributed by atoms with Gasteiger partial charge in [0, 0.05) is 11.0 Å². The van der Waals surface area contributed by atoms with Crippen LogP contribution in [0.2, 0.25) is 0 Å². The SMILES string of the molecule is Cc1ccc(S(=O)(=O)NC(=O)/C=C/c2ccc3c(c2)OCCO3)s1. The second-order valence-corrected chi connectivity index (χ2v) is 8.27. The lowest BCUT2D eigenvalue weighted by Crippen LogP contribution is -2.28. The molecular formula is C16H15NO5S2. The van der Waals surface area contributed by atoms with Crippen LogP contribution in [0, 0.1) is 6.92 Å². The number of benzene rings is 1. The van der Waals surface area contributed by atoms with Crippen LogP contribution >= 0.6 is 11.3 Å². The normalized spacial score (nSPS) is 13.9. The van der Waals surface area contributed by atoms with Crippen molar-refractivity contribution in [2.45, 2.75) is 11.1 Å². The molecule has 2 aromatic rings. The van der Waals surface area contributed by atoms with E-state index in [-0.39, 0.29) is 4.21 Å². The third-order valence-electron chi connectivity index (χ3n) is 3.21. The van der Waals surface area contributed by atoms with Gasteiger partial charge in [-0.3, -0.25) is 4.79 Å². The lowest BCUT2D eigenvalue weighted by atomic mass is 10.2. The van der Waals surface area contributed by atoms with Crippen LogP contribution in [0.15, 0.2) is 40.6 Å². The molecule has 1 aliphatic rings. The molecule has 1 aromatic heterocycles. The molecule has 0 saturated carbocycles. The van der Waals surface area contributed by atoms with Gasteiger partial charge in [0.25, 0.3) is 15.9 Å². The second-order valence-electron chi connectivity index (χ2n) is 5.07. The first-order chi connectivity index (χ1) is 11.4. The van der Waals surface area contributed by atoms with Crippen LogP contribution in [0.4, 0.5) is 0 Å². The molecule has 0 atom stereocenters. The molecule has 2 heterocycles. The largest absolute Gasteiger partial charge is 0.486 e. The number of rotatable bonds is 4. The number of amides is 1. The van der Waals surface area contributed by atoms with Gasteiger partial charge in [-0.1, -0.05) is 6.07 Å². The fourth-order valence-corrected chi connectivity index (χ4v) is 4.34. The van der Waals surface area contributed by atoms with Gasteiger partial charge in [-0.2, -0.15) is 0 Å². The molecule has 8 heteroatoms. The zero-order chi connectivity index (χ0) is 17.2. The first-order valence-corrected chi connectivity index (χ1v) is 9.45. The van der Waals surface area contributed by atoms with Crippen LogP contribution < -0.4 is 14.2 Å². The van der Waals surface area contributed by atoms with E-state index in [1.807, 2.05) is 4.72 Å². The van der Waals surface area contributed by atoms with Crippen LogP contribution in [-0.4, -0.2) is 27.5 Å². The molecule has 1 amide bonds. The van der Waals surface area contributed by atoms with Gasteiger partial charge in [0.1, 0.15) is 17.4 Å². The van der Waals surface area contributed by atoms with Gasteiger partial charge in [-0.05, 0) is 42.8 Å². The summed E-state index contributed by atoms with van der Waals surface area (Å²) in [5, 5.41) is 0. The Morgan fingerprint density at radius 2 is 1.92 bits per heavy atom. The van der Waals surface area contributed by atoms with Crippen molar-refractivity contribution in [1.29, 1.82) is 0 Å². The van der Waals surface area contributed by atoms with Crippen LogP contribution in [0.5, 0.6) is 11.5 Å². The summed E-state index contributed by atoms with van der Waals surface area (Å²) < 4.78 is 37.1. The molecule has 0 spiro atoms. The van der Waals surface area contributed by atoms with Gasteiger partial charge in [0.2, 0.25) is 0 Å². The molecule has 0 aliphatic carbocycles. The average Bonchev–Trinajstić information content (AvgIpc) is 3.00. The van der Waals surface area contributed by atoms with Crippen molar-refractivity contribution in [3.8, 4) is 11.5 Å². The van der Waals surface area contributed by atoms with Crippen LogP contribution in [0.3, 0.4) is 0 Å². The third kappa shape index (κ3) is 3.77. The number of ether oxygens (including phenoxy) is 2. The number of nitrogens with one attached hydrogen (secondary N) is 1. The van der Waals surface area contributed by atoms with E-state index >= 15 is 0 Å². The van der Waals surface area contributed by atoms with Crippen molar-refractivity contribution < 1.29 is 22.7 Å². The summed E-state index contributed by atoms with van der Waals surface area (Å²) in [4.78, 5) is 12.7. The van der Waals surface area contributed by atoms with Crippen molar-refractivity contribution >= 4 is 33.3 Å². The van der Waals surface area contributed by atoms with Gasteiger partial charge in [0.05, 0.1) is 0 Å². The summed E-state index contributed by atoms with van der Waals surface area (Å²) >= 11 is 1.11. The third-order valence-corrected chi connectivity index (χ3v) is 6.05. The summed E-state index contributed by atoms with van der Waals surface area (Å²) in [6.45, 7) is 2.77. The monoisotopic (exact) mass is 365 g/mol. The van der Waals surface area contributed by atoms with Gasteiger partial charge < -0.3 is 9.47 Å². The Morgan fingerprint density at radius 1 is 1.17 bits per heavy atom. The highest BCUT2D eigenvalue weighted by Crippen LogP contribution is 2.31. The van der Waals surface area contributed by atoms with E-state index in [1.54, 1.807) is 31.2 Å². The van der Waals surface area contributed by atoms with Gasteiger partial charge >= 0.3 is 0 Å². The Morgan fingerprint density at radius 3 is 2.62 bits per heavy atom. The first kappa shape index (κ1) is 16.5. The fourth-order valence-electron chi connectivity index (χ4n) is 2.11. The molecule has 1 aliphatic heterocycles. The van der Waals surface area contributed by atoms with E-state index < -0.39 is 15.9 Å². The number of sulfonamides is 1. The van der Waals surface area contributed by atoms with E-state index in [1.165, 1.54) is 18.2 Å². The molecule has 0 radical (unpaired) electrons. The van der Waals surface area contributed by atoms with E-state index in [2.05, 4.69) is 0 Å². The molecule has 1 aromatic carbocycles. The molecule has 3 rings (SSSR count). The Bertz CT molecular complexity index is 899. The molecule has 0 unspecified atom stereocenters. The summed E-state index contributed by atoms with van der Waals surface area (Å²) in [6, 6.07) is 8.40. The quantitative estimate of drug-likeness (QED) is 0.841. The van der Waals surface area contributed by atoms with Crippen molar-refractivity contribution in [2.75, 3.05) is 13.2 Å². The standard InChI is InChI=1S/C16H15NO5S2/c1-11-2-7-16(23-11)24(19,20)17-15(18)6-4-12-3-5-13-14(10-12)22-9-8-21-13/h2-7,10H,8-9H2,1H3,(H,17,18)/b6-4+. The predicted molar refractivity (Wildman–Crippen MR) is 90.9 cm³/mol. The Labute approximate surface area is 143 Å². The van der Waals surface area contributed by atoms with Crippen LogP contribution in [0.1, 0.15) is 10.4 Å². The number of hydrogen-bond donors (Lipinski definition) is 1. The maximum Gasteiger partial charge on any atom is 0.273 e. The minimum atomic E-state index is -3.83. The lowest BCUT2D eigenvalue weighted by molar-refractivity contribution is -0.114. The van der Waals surface area contributed by atoms with Crippen molar-refractivity contribution in [3.05, 3.63) is 46.8 Å². The number of carbonyl (C=O) groups is 1. The Balaban J connectivity index is 1.69. The van der Waals surface area contributed by atoms with Crippen molar-refractivity contribution in [3.63, 3.8) is 0 Å². The van der Waals surface area contributed by atoms with E-state index in [0.717, 1.165) is 16.2 Å². The molecule has 1 N–H and O–H groups in total. The highest BCUT2D eigenvalue weighted by molar-refractivity contribution is 7.92. The Hall–Kier alpha value is -2.32. The minimum Gasteiger partial charge on any atom is -0.486 e. The smallest absolute Gasteiger partial charge is 0.273 e. The van der Waals surface area contributed by atoms with Crippen LogP contribution in [0.25, 0.3) is 6.08 Å². The van der Waals surface area contributed by atoms with E-state index in [9.17, 15) is 13.2 Å². The van der Waals surface area contributed by atoms with E-state index in [0.29, 0.717) is 30.3 Å². The fraction of sp³-hybridized carbons (Fsp3) is 0.188. The zero-order valence-electron chi connectivity index (χ0n) is 12.8. The maximum absolute atomic E-state index is 12.1. The summed E-state index contributed by atoms with van der Waals surface area (Å²) in [5.41, 5.74) is 0.707. The first-order valence-electron chi connectivity index (χ1n) is 7.15. The van der Waals surface area contributed by atoms with Gasteiger partial charge in [0.15, 0.2) is 11.5 Å². The van der Waals surface area contributed by atoms with Crippen molar-refractivity contribution in [2.24, 2.45) is 0 Å². The van der Waals surface area contributed by atoms with Crippen molar-refractivity contribution in [1.82, 2.24) is 4.72 Å². The maximum atomic E-state index is 12.1. The average molecular weight is 365 g/mol. The highest BCUT2D eigenvalue weighted by atomic mass is 32.2. The topological polar surface area (TPSA) is 81.7 Å². The lowest BCUT2D eigenvalue weighted by Gasteiger charge is -2.18. The predicted octanol–water partition coefficient (Wildman–Crippen LogP) is 2.35. The molecular weight excluding hydrogens is 350 g/mol. The minimum absolute atomic E-state index is 0.112. The second kappa shape index (κ2) is 6.66. The number of carbonyl (C=O) groups excluding carboxylic acids is 1. The Kier molecular flexibility index (Phi) is 4.59. The molecule has 24 heavy (non-hydrogen) atoms. The van der Waals surface area contributed by atoms with Crippen LogP contribution in [-0.2, 0) is 14.8 Å². The van der Waals surface area contributed by atoms with Gasteiger partial charge in [-0.25, -0.2) is 13.1 Å². The number of fused-ring (bicyclic) bond motifs is 1. The number of aryl methyl sites for hydroxylation is 1. The summed E-state index contributed by atoms with van der Waals surface area (Å²) in [6.07, 6.45) is 2.69. The molecule has 6 nitrogen and oxygen atoms in total. The van der Waals surface area contributed by atoms with Gasteiger partial charge in [-0.15, -0.1) is 11.3 Å². The summed E-state index contributed by atoms with van der Waals surface area (Å²) in [7, 11) is -3.83. The van der Waals surface area contributed by atoms with E-state index in [4.69, 9.17) is 9.47 Å². The zero-order valence-corrected chi connectivity index (χ0v) is 14.4. The molecule has 126 valence electrons. The highest BCUT2D eigenvalue weighted by Gasteiger charge is 2.18. The molecule has 0 saturated heterocycles. The summed E-state index contributed by atoms with van der Waals surface area (Å²) in [5.74, 6) is 0.542. The molecule has 0 fully saturated rings.